The van der Waals surface area contributed by atoms with E-state index in [2.05, 4.69) is 30.7 Å². The normalized spacial score (nSPS) is 10.2. The summed E-state index contributed by atoms with van der Waals surface area (Å²) in [5.41, 5.74) is 0.231. The quantitative estimate of drug-likeness (QED) is 0.809. The van der Waals surface area contributed by atoms with Crippen LogP contribution in [0.4, 0.5) is 5.82 Å². The van der Waals surface area contributed by atoms with Crippen LogP contribution in [0.25, 0.3) is 0 Å². The maximum atomic E-state index is 11.9. The van der Waals surface area contributed by atoms with Crippen LogP contribution in [0.3, 0.4) is 0 Å². The number of rotatable bonds is 5. The van der Waals surface area contributed by atoms with Crippen molar-refractivity contribution in [1.82, 2.24) is 25.4 Å². The fourth-order valence-corrected chi connectivity index (χ4v) is 1.40. The summed E-state index contributed by atoms with van der Waals surface area (Å²) in [5, 5.41) is 9.25. The van der Waals surface area contributed by atoms with E-state index in [0.29, 0.717) is 24.1 Å². The summed E-state index contributed by atoms with van der Waals surface area (Å²) in [6.07, 6.45) is 2.96. The number of nitrogens with one attached hydrogen (secondary N) is 2. The second-order valence-electron chi connectivity index (χ2n) is 3.74. The predicted octanol–water partition coefficient (Wildman–Crippen LogP) is 0.530. The minimum absolute atomic E-state index is 0.160. The van der Waals surface area contributed by atoms with Gasteiger partial charge >= 0.3 is 0 Å². The minimum atomic E-state index is -0.344. The molecule has 2 aromatic rings. The van der Waals surface area contributed by atoms with Crippen molar-refractivity contribution in [3.05, 3.63) is 29.8 Å². The number of nitrogens with zero attached hydrogens (tertiary/aromatic N) is 4. The first-order valence-corrected chi connectivity index (χ1v) is 5.82. The molecule has 2 aromatic heterocycles. The van der Waals surface area contributed by atoms with Crippen molar-refractivity contribution in [1.29, 1.82) is 0 Å². The van der Waals surface area contributed by atoms with E-state index in [1.165, 1.54) is 6.20 Å². The molecule has 0 bridgehead atoms. The van der Waals surface area contributed by atoms with Crippen LogP contribution in [0.1, 0.15) is 29.1 Å². The topological polar surface area (TPSA) is 106 Å². The first-order chi connectivity index (χ1) is 9.19. The summed E-state index contributed by atoms with van der Waals surface area (Å²) < 4.78 is 4.89. The molecule has 0 atom stereocenters. The molecule has 2 N–H and O–H groups in total. The lowest BCUT2D eigenvalue weighted by molar-refractivity contribution is 0.0941. The van der Waals surface area contributed by atoms with Crippen LogP contribution in [-0.4, -0.2) is 32.6 Å². The van der Waals surface area contributed by atoms with E-state index >= 15 is 0 Å². The third kappa shape index (κ3) is 3.47. The Morgan fingerprint density at radius 1 is 1.37 bits per heavy atom. The highest BCUT2D eigenvalue weighted by Crippen LogP contribution is 2.02. The molecule has 1 amide bonds. The first-order valence-electron chi connectivity index (χ1n) is 5.82. The van der Waals surface area contributed by atoms with E-state index in [1.54, 1.807) is 13.1 Å². The molecule has 0 radical (unpaired) electrons. The lowest BCUT2D eigenvalue weighted by Crippen LogP contribution is -2.24. The predicted molar refractivity (Wildman–Crippen MR) is 66.4 cm³/mol. The lowest BCUT2D eigenvalue weighted by atomic mass is 10.4. The van der Waals surface area contributed by atoms with Gasteiger partial charge in [-0.1, -0.05) is 5.16 Å². The number of carbonyl (C=O) groups excluding carboxylic acids is 1. The van der Waals surface area contributed by atoms with Crippen LogP contribution in [0.5, 0.6) is 0 Å². The van der Waals surface area contributed by atoms with E-state index in [9.17, 15) is 4.79 Å². The SMILES string of the molecule is CCNc1cncc(C(=O)NCc2nc(C)no2)n1. The van der Waals surface area contributed by atoms with Crippen molar-refractivity contribution in [2.75, 3.05) is 11.9 Å². The third-order valence-electron chi connectivity index (χ3n) is 2.19. The standard InChI is InChI=1S/C11H14N6O2/c1-3-13-9-5-12-4-8(16-9)11(18)14-6-10-15-7(2)17-19-10/h4-5H,3,6H2,1-2H3,(H,13,16)(H,14,18). The fourth-order valence-electron chi connectivity index (χ4n) is 1.40. The Hall–Kier alpha value is -2.51. The molecule has 0 aromatic carbocycles. The highest BCUT2D eigenvalue weighted by molar-refractivity contribution is 5.92. The summed E-state index contributed by atoms with van der Waals surface area (Å²) in [7, 11) is 0. The summed E-state index contributed by atoms with van der Waals surface area (Å²) in [6.45, 7) is 4.51. The molecule has 0 aliphatic heterocycles. The average molecular weight is 262 g/mol. The molecule has 0 saturated heterocycles. The molecule has 100 valence electrons. The molecule has 0 spiro atoms. The second kappa shape index (κ2) is 5.89. The highest BCUT2D eigenvalue weighted by atomic mass is 16.5. The monoisotopic (exact) mass is 262 g/mol. The highest BCUT2D eigenvalue weighted by Gasteiger charge is 2.10. The van der Waals surface area contributed by atoms with Gasteiger partial charge in [0.05, 0.1) is 18.9 Å². The fraction of sp³-hybridized carbons (Fsp3) is 0.364. The molecule has 2 rings (SSSR count). The van der Waals surface area contributed by atoms with Crippen molar-refractivity contribution in [2.24, 2.45) is 0 Å². The number of amides is 1. The maximum Gasteiger partial charge on any atom is 0.272 e. The Bertz CT molecular complexity index is 568. The molecule has 0 aliphatic carbocycles. The zero-order valence-electron chi connectivity index (χ0n) is 10.7. The molecular formula is C11H14N6O2. The molecule has 8 heteroatoms. The van der Waals surface area contributed by atoms with Crippen molar-refractivity contribution < 1.29 is 9.32 Å². The summed E-state index contributed by atoms with van der Waals surface area (Å²) >= 11 is 0. The van der Waals surface area contributed by atoms with Gasteiger partial charge in [0, 0.05) is 6.54 Å². The Balaban J connectivity index is 1.97. The lowest BCUT2D eigenvalue weighted by Gasteiger charge is -2.04. The number of hydrogen-bond acceptors (Lipinski definition) is 7. The number of anilines is 1. The van der Waals surface area contributed by atoms with Gasteiger partial charge in [0.15, 0.2) is 5.82 Å². The smallest absolute Gasteiger partial charge is 0.272 e. The largest absolute Gasteiger partial charge is 0.369 e. The van der Waals surface area contributed by atoms with Gasteiger partial charge in [-0.2, -0.15) is 4.98 Å². The van der Waals surface area contributed by atoms with Crippen LogP contribution in [-0.2, 0) is 6.54 Å². The zero-order valence-corrected chi connectivity index (χ0v) is 10.7. The van der Waals surface area contributed by atoms with Gasteiger partial charge < -0.3 is 15.2 Å². The van der Waals surface area contributed by atoms with Gasteiger partial charge in [0.25, 0.3) is 5.91 Å². The molecule has 2 heterocycles. The van der Waals surface area contributed by atoms with Crippen LogP contribution in [0, 0.1) is 6.92 Å². The summed E-state index contributed by atoms with van der Waals surface area (Å²) in [4.78, 5) is 23.9. The number of carbonyl (C=O) groups is 1. The summed E-state index contributed by atoms with van der Waals surface area (Å²) in [5.74, 6) is 1.09. The van der Waals surface area contributed by atoms with Crippen LogP contribution in [0.15, 0.2) is 16.9 Å². The Morgan fingerprint density at radius 3 is 2.89 bits per heavy atom. The van der Waals surface area contributed by atoms with Crippen LogP contribution in [0.2, 0.25) is 0 Å². The van der Waals surface area contributed by atoms with Gasteiger partial charge in [0.2, 0.25) is 5.89 Å². The molecule has 0 aliphatic rings. The minimum Gasteiger partial charge on any atom is -0.369 e. The van der Waals surface area contributed by atoms with Gasteiger partial charge in [-0.25, -0.2) is 4.98 Å². The van der Waals surface area contributed by atoms with Crippen LogP contribution < -0.4 is 10.6 Å². The Morgan fingerprint density at radius 2 is 2.21 bits per heavy atom. The molecule has 0 fully saturated rings. The van der Waals surface area contributed by atoms with Crippen molar-refractivity contribution >= 4 is 11.7 Å². The van der Waals surface area contributed by atoms with Crippen molar-refractivity contribution in [2.45, 2.75) is 20.4 Å². The van der Waals surface area contributed by atoms with Crippen molar-refractivity contribution in [3.8, 4) is 0 Å². The molecule has 8 nitrogen and oxygen atoms in total. The molecule has 0 unspecified atom stereocenters. The second-order valence-corrected chi connectivity index (χ2v) is 3.74. The van der Waals surface area contributed by atoms with Gasteiger partial charge in [-0.05, 0) is 13.8 Å². The molecule has 19 heavy (non-hydrogen) atoms. The number of aromatic nitrogens is 4. The Kier molecular flexibility index (Phi) is 4.01. The number of aryl methyl sites for hydroxylation is 1. The van der Waals surface area contributed by atoms with Gasteiger partial charge in [-0.15, -0.1) is 0 Å². The van der Waals surface area contributed by atoms with Crippen LogP contribution >= 0.6 is 0 Å². The Labute approximate surface area is 109 Å². The first kappa shape index (κ1) is 12.9. The van der Waals surface area contributed by atoms with E-state index in [0.717, 1.165) is 0 Å². The van der Waals surface area contributed by atoms with Crippen molar-refractivity contribution in [3.63, 3.8) is 0 Å². The van der Waals surface area contributed by atoms with E-state index in [-0.39, 0.29) is 18.1 Å². The summed E-state index contributed by atoms with van der Waals surface area (Å²) in [6, 6.07) is 0. The molecule has 0 saturated carbocycles. The van der Waals surface area contributed by atoms with Gasteiger partial charge in [-0.3, -0.25) is 9.78 Å². The maximum absolute atomic E-state index is 11.9. The van der Waals surface area contributed by atoms with E-state index in [1.807, 2.05) is 6.92 Å². The number of hydrogen-bond donors (Lipinski definition) is 2. The molecular weight excluding hydrogens is 248 g/mol. The van der Waals surface area contributed by atoms with Gasteiger partial charge in [0.1, 0.15) is 11.5 Å². The average Bonchev–Trinajstić information content (AvgIpc) is 2.82. The van der Waals surface area contributed by atoms with E-state index < -0.39 is 0 Å². The zero-order chi connectivity index (χ0) is 13.7. The van der Waals surface area contributed by atoms with E-state index in [4.69, 9.17) is 4.52 Å². The third-order valence-corrected chi connectivity index (χ3v) is 2.19.